The highest BCUT2D eigenvalue weighted by Crippen LogP contribution is 2.25. The molecular weight excluding hydrogens is 280 g/mol. The van der Waals surface area contributed by atoms with E-state index in [1.807, 2.05) is 11.3 Å². The summed E-state index contributed by atoms with van der Waals surface area (Å²) in [4.78, 5) is 14.8. The summed E-state index contributed by atoms with van der Waals surface area (Å²) in [6.45, 7) is 6.82. The fourth-order valence-corrected chi connectivity index (χ4v) is 4.16. The van der Waals surface area contributed by atoms with Gasteiger partial charge in [0.15, 0.2) is 0 Å². The Hall–Kier alpha value is -0.870. The molecule has 0 bridgehead atoms. The minimum atomic E-state index is 0.137. The molecule has 118 valence electrons. The first kappa shape index (κ1) is 16.5. The van der Waals surface area contributed by atoms with Crippen molar-refractivity contribution < 1.29 is 4.79 Å². The quantitative estimate of drug-likeness (QED) is 0.811. The molecule has 4 heteroatoms. The Kier molecular flexibility index (Phi) is 6.24. The molecule has 1 heterocycles. The van der Waals surface area contributed by atoms with Crippen LogP contribution in [0.1, 0.15) is 66.8 Å². The second-order valence-corrected chi connectivity index (χ2v) is 7.69. The third-order valence-corrected chi connectivity index (χ3v) is 5.32. The van der Waals surface area contributed by atoms with Gasteiger partial charge in [0.25, 0.3) is 0 Å². The number of nitrogens with one attached hydrogen (secondary N) is 2. The zero-order valence-corrected chi connectivity index (χ0v) is 14.3. The zero-order valence-electron chi connectivity index (χ0n) is 13.5. The predicted octanol–water partition coefficient (Wildman–Crippen LogP) is 3.85. The Morgan fingerprint density at radius 3 is 2.52 bits per heavy atom. The molecule has 1 unspecified atom stereocenters. The van der Waals surface area contributed by atoms with Crippen molar-refractivity contribution in [2.24, 2.45) is 0 Å². The lowest BCUT2D eigenvalue weighted by atomic mass is 10.1. The Bertz CT molecular complexity index is 461. The Labute approximate surface area is 132 Å². The number of hydrogen-bond donors (Lipinski definition) is 2. The molecule has 0 radical (unpaired) electrons. The summed E-state index contributed by atoms with van der Waals surface area (Å²) in [7, 11) is 0. The van der Waals surface area contributed by atoms with Crippen molar-refractivity contribution in [1.82, 2.24) is 10.6 Å². The van der Waals surface area contributed by atoms with Crippen LogP contribution in [0.15, 0.2) is 6.07 Å². The van der Waals surface area contributed by atoms with Crippen LogP contribution in [0.5, 0.6) is 0 Å². The highest BCUT2D eigenvalue weighted by Gasteiger charge is 2.16. The van der Waals surface area contributed by atoms with Gasteiger partial charge < -0.3 is 10.6 Å². The molecule has 1 aromatic heterocycles. The van der Waals surface area contributed by atoms with Gasteiger partial charge in [-0.25, -0.2) is 0 Å². The van der Waals surface area contributed by atoms with Gasteiger partial charge in [-0.1, -0.05) is 25.7 Å². The average molecular weight is 308 g/mol. The van der Waals surface area contributed by atoms with Crippen molar-refractivity contribution >= 4 is 17.2 Å². The fourth-order valence-electron chi connectivity index (χ4n) is 3.14. The van der Waals surface area contributed by atoms with Gasteiger partial charge in [0.1, 0.15) is 0 Å². The molecule has 3 nitrogen and oxygen atoms in total. The third-order valence-electron chi connectivity index (χ3n) is 4.33. The molecule has 21 heavy (non-hydrogen) atoms. The molecule has 2 N–H and O–H groups in total. The lowest BCUT2D eigenvalue weighted by molar-refractivity contribution is -0.121. The number of carbonyl (C=O) groups is 1. The van der Waals surface area contributed by atoms with E-state index >= 15 is 0 Å². The summed E-state index contributed by atoms with van der Waals surface area (Å²) in [5, 5.41) is 6.54. The number of aryl methyl sites for hydroxylation is 2. The van der Waals surface area contributed by atoms with Gasteiger partial charge in [-0.15, -0.1) is 11.3 Å². The maximum Gasteiger partial charge on any atom is 0.234 e. The van der Waals surface area contributed by atoms with Crippen LogP contribution in [-0.2, 0) is 4.79 Å². The Morgan fingerprint density at radius 1 is 1.29 bits per heavy atom. The van der Waals surface area contributed by atoms with Gasteiger partial charge in [-0.05, 0) is 45.2 Å². The molecule has 1 atom stereocenters. The average Bonchev–Trinajstić information content (AvgIpc) is 2.65. The van der Waals surface area contributed by atoms with Crippen LogP contribution in [0.4, 0.5) is 0 Å². The van der Waals surface area contributed by atoms with Crippen molar-refractivity contribution in [1.29, 1.82) is 0 Å². The van der Waals surface area contributed by atoms with Crippen LogP contribution in [-0.4, -0.2) is 18.5 Å². The second-order valence-electron chi connectivity index (χ2n) is 6.23. The van der Waals surface area contributed by atoms with Crippen molar-refractivity contribution in [2.45, 2.75) is 71.4 Å². The molecule has 0 aromatic carbocycles. The highest BCUT2D eigenvalue weighted by molar-refractivity contribution is 7.12. The lowest BCUT2D eigenvalue weighted by Crippen LogP contribution is -2.40. The normalized spacial score (nSPS) is 18.2. The van der Waals surface area contributed by atoms with Gasteiger partial charge >= 0.3 is 0 Å². The summed E-state index contributed by atoms with van der Waals surface area (Å²) in [5.41, 5.74) is 1.32. The maximum atomic E-state index is 12.1. The summed E-state index contributed by atoms with van der Waals surface area (Å²) in [5.74, 6) is 0.137. The molecule has 1 saturated carbocycles. The SMILES string of the molecule is Cc1cc(C(C)NCC(=O)NC2CCCCCC2)c(C)s1. The summed E-state index contributed by atoms with van der Waals surface area (Å²) in [6, 6.07) is 2.85. The van der Waals surface area contributed by atoms with Crippen LogP contribution in [0.25, 0.3) is 0 Å². The van der Waals surface area contributed by atoms with E-state index in [-0.39, 0.29) is 11.9 Å². The topological polar surface area (TPSA) is 41.1 Å². The Morgan fingerprint density at radius 2 is 1.95 bits per heavy atom. The van der Waals surface area contributed by atoms with Gasteiger partial charge in [-0.2, -0.15) is 0 Å². The van der Waals surface area contributed by atoms with Crippen LogP contribution < -0.4 is 10.6 Å². The monoisotopic (exact) mass is 308 g/mol. The van der Waals surface area contributed by atoms with Crippen LogP contribution in [0.3, 0.4) is 0 Å². The molecule has 0 aliphatic heterocycles. The van der Waals surface area contributed by atoms with Crippen molar-refractivity contribution in [3.05, 3.63) is 21.4 Å². The molecule has 1 aromatic rings. The van der Waals surface area contributed by atoms with Gasteiger partial charge in [0.2, 0.25) is 5.91 Å². The van der Waals surface area contributed by atoms with E-state index in [1.54, 1.807) is 0 Å². The molecule has 2 rings (SSSR count). The standard InChI is InChI=1S/C17H28N2OS/c1-12-10-16(14(3)21-12)13(2)18-11-17(20)19-15-8-6-4-5-7-9-15/h10,13,15,18H,4-9,11H2,1-3H3,(H,19,20). The molecule has 1 aliphatic carbocycles. The highest BCUT2D eigenvalue weighted by atomic mass is 32.1. The van der Waals surface area contributed by atoms with Gasteiger partial charge in [-0.3, -0.25) is 4.79 Å². The first-order valence-corrected chi connectivity index (χ1v) is 8.97. The van der Waals surface area contributed by atoms with Gasteiger partial charge in [0, 0.05) is 21.8 Å². The van der Waals surface area contributed by atoms with Gasteiger partial charge in [0.05, 0.1) is 6.54 Å². The Balaban J connectivity index is 1.76. The molecular formula is C17H28N2OS. The minimum Gasteiger partial charge on any atom is -0.352 e. The smallest absolute Gasteiger partial charge is 0.234 e. The molecule has 0 spiro atoms. The van der Waals surface area contributed by atoms with Crippen LogP contribution >= 0.6 is 11.3 Å². The van der Waals surface area contributed by atoms with Crippen molar-refractivity contribution in [3.8, 4) is 0 Å². The van der Waals surface area contributed by atoms with Crippen LogP contribution in [0.2, 0.25) is 0 Å². The maximum absolute atomic E-state index is 12.1. The zero-order chi connectivity index (χ0) is 15.2. The lowest BCUT2D eigenvalue weighted by Gasteiger charge is -2.18. The van der Waals surface area contributed by atoms with E-state index in [1.165, 1.54) is 41.0 Å². The first-order chi connectivity index (χ1) is 10.1. The number of thiophene rings is 1. The van der Waals surface area contributed by atoms with E-state index < -0.39 is 0 Å². The number of carbonyl (C=O) groups excluding carboxylic acids is 1. The first-order valence-electron chi connectivity index (χ1n) is 8.16. The molecule has 1 aliphatic rings. The predicted molar refractivity (Wildman–Crippen MR) is 89.8 cm³/mol. The van der Waals surface area contributed by atoms with E-state index in [0.29, 0.717) is 12.6 Å². The number of amides is 1. The number of hydrogen-bond acceptors (Lipinski definition) is 3. The van der Waals surface area contributed by atoms with E-state index in [9.17, 15) is 4.79 Å². The van der Waals surface area contributed by atoms with Crippen molar-refractivity contribution in [2.75, 3.05) is 6.54 Å². The molecule has 1 fully saturated rings. The van der Waals surface area contributed by atoms with E-state index in [2.05, 4.69) is 37.5 Å². The van der Waals surface area contributed by atoms with Crippen LogP contribution in [0, 0.1) is 13.8 Å². The summed E-state index contributed by atoms with van der Waals surface area (Å²) >= 11 is 1.82. The summed E-state index contributed by atoms with van der Waals surface area (Å²) in [6.07, 6.45) is 7.43. The molecule has 1 amide bonds. The van der Waals surface area contributed by atoms with Crippen molar-refractivity contribution in [3.63, 3.8) is 0 Å². The van der Waals surface area contributed by atoms with E-state index in [0.717, 1.165) is 12.8 Å². The number of rotatable bonds is 5. The largest absolute Gasteiger partial charge is 0.352 e. The van der Waals surface area contributed by atoms with E-state index in [4.69, 9.17) is 0 Å². The summed E-state index contributed by atoms with van der Waals surface area (Å²) < 4.78 is 0. The fraction of sp³-hybridized carbons (Fsp3) is 0.706. The minimum absolute atomic E-state index is 0.137. The third kappa shape index (κ3) is 5.11. The second kappa shape index (κ2) is 7.95. The molecule has 0 saturated heterocycles.